The maximum Gasteiger partial charge on any atom is 0.225 e. The molecule has 1 aromatic carbocycles. The van der Waals surface area contributed by atoms with Crippen molar-refractivity contribution in [1.82, 2.24) is 14.9 Å². The van der Waals surface area contributed by atoms with Crippen LogP contribution in [-0.2, 0) is 4.79 Å². The van der Waals surface area contributed by atoms with Crippen LogP contribution >= 0.6 is 11.3 Å². The number of piperazine rings is 1. The molecule has 0 atom stereocenters. The molecule has 1 N–H and O–H groups in total. The van der Waals surface area contributed by atoms with Crippen LogP contribution in [-0.4, -0.2) is 60.6 Å². The largest absolute Gasteiger partial charge is 0.497 e. The SMILES string of the molecule is COc1ccc(NC(=O)CCN2CCN(c3ncnc4ccsc34)CC2)cc1. The lowest BCUT2D eigenvalue weighted by Crippen LogP contribution is -2.47. The van der Waals surface area contributed by atoms with Gasteiger partial charge in [0.2, 0.25) is 5.91 Å². The Morgan fingerprint density at radius 3 is 2.68 bits per heavy atom. The van der Waals surface area contributed by atoms with Crippen LogP contribution in [0.4, 0.5) is 11.5 Å². The van der Waals surface area contributed by atoms with Gasteiger partial charge in [-0.15, -0.1) is 11.3 Å². The lowest BCUT2D eigenvalue weighted by Gasteiger charge is -2.35. The second-order valence-electron chi connectivity index (χ2n) is 6.69. The molecule has 1 aliphatic heterocycles. The van der Waals surface area contributed by atoms with Gasteiger partial charge in [-0.25, -0.2) is 9.97 Å². The van der Waals surface area contributed by atoms with E-state index in [2.05, 4.69) is 30.5 Å². The molecule has 3 aromatic rings. The van der Waals surface area contributed by atoms with Crippen molar-refractivity contribution < 1.29 is 9.53 Å². The molecule has 0 spiro atoms. The van der Waals surface area contributed by atoms with E-state index >= 15 is 0 Å². The minimum atomic E-state index is 0.0312. The predicted molar refractivity (Wildman–Crippen MR) is 112 cm³/mol. The molecule has 8 heteroatoms. The van der Waals surface area contributed by atoms with Gasteiger partial charge in [0.15, 0.2) is 0 Å². The van der Waals surface area contributed by atoms with Crippen LogP contribution in [0, 0.1) is 0 Å². The van der Waals surface area contributed by atoms with E-state index in [4.69, 9.17) is 4.74 Å². The number of nitrogens with one attached hydrogen (secondary N) is 1. The molecule has 0 unspecified atom stereocenters. The van der Waals surface area contributed by atoms with E-state index in [1.807, 2.05) is 30.3 Å². The Morgan fingerprint density at radius 1 is 1.14 bits per heavy atom. The quantitative estimate of drug-likeness (QED) is 0.690. The van der Waals surface area contributed by atoms with Gasteiger partial charge in [-0.05, 0) is 35.7 Å². The zero-order valence-electron chi connectivity index (χ0n) is 15.8. The van der Waals surface area contributed by atoms with E-state index in [0.29, 0.717) is 6.42 Å². The minimum absolute atomic E-state index is 0.0312. The van der Waals surface area contributed by atoms with Crippen LogP contribution in [0.2, 0.25) is 0 Å². The highest BCUT2D eigenvalue weighted by molar-refractivity contribution is 7.17. The molecule has 0 saturated carbocycles. The number of carbonyl (C=O) groups is 1. The number of benzene rings is 1. The summed E-state index contributed by atoms with van der Waals surface area (Å²) < 4.78 is 6.28. The zero-order valence-corrected chi connectivity index (χ0v) is 16.6. The zero-order chi connectivity index (χ0) is 19.3. The van der Waals surface area contributed by atoms with Crippen LogP contribution in [0.3, 0.4) is 0 Å². The highest BCUT2D eigenvalue weighted by atomic mass is 32.1. The number of hydrogen-bond donors (Lipinski definition) is 1. The molecule has 0 radical (unpaired) electrons. The summed E-state index contributed by atoms with van der Waals surface area (Å²) in [7, 11) is 1.63. The number of carbonyl (C=O) groups excluding carboxylic acids is 1. The fraction of sp³-hybridized carbons (Fsp3) is 0.350. The molecular weight excluding hydrogens is 374 g/mol. The average Bonchev–Trinajstić information content (AvgIpc) is 3.22. The van der Waals surface area contributed by atoms with Gasteiger partial charge in [0, 0.05) is 44.8 Å². The number of aromatic nitrogens is 2. The van der Waals surface area contributed by atoms with Crippen LogP contribution in [0.25, 0.3) is 10.2 Å². The number of rotatable bonds is 6. The molecule has 28 heavy (non-hydrogen) atoms. The third-order valence-corrected chi connectivity index (χ3v) is 5.82. The number of hydrogen-bond acceptors (Lipinski definition) is 7. The third-order valence-electron chi connectivity index (χ3n) is 4.93. The summed E-state index contributed by atoms with van der Waals surface area (Å²) in [5.41, 5.74) is 1.80. The van der Waals surface area contributed by atoms with Crippen molar-refractivity contribution in [3.63, 3.8) is 0 Å². The minimum Gasteiger partial charge on any atom is -0.497 e. The Morgan fingerprint density at radius 2 is 1.93 bits per heavy atom. The fourth-order valence-electron chi connectivity index (χ4n) is 3.34. The van der Waals surface area contributed by atoms with E-state index in [1.165, 1.54) is 0 Å². The van der Waals surface area contributed by atoms with Gasteiger partial charge < -0.3 is 15.0 Å². The molecule has 2 aromatic heterocycles. The van der Waals surface area contributed by atoms with Crippen molar-refractivity contribution in [2.75, 3.05) is 50.1 Å². The molecular formula is C20H23N5O2S. The van der Waals surface area contributed by atoms with E-state index in [0.717, 1.165) is 60.2 Å². The van der Waals surface area contributed by atoms with E-state index in [9.17, 15) is 4.79 Å². The summed E-state index contributed by atoms with van der Waals surface area (Å²) in [5, 5.41) is 4.99. The molecule has 4 rings (SSSR count). The molecule has 0 aliphatic carbocycles. The van der Waals surface area contributed by atoms with Gasteiger partial charge in [0.05, 0.1) is 17.3 Å². The Hall–Kier alpha value is -2.71. The lowest BCUT2D eigenvalue weighted by atomic mass is 10.2. The first-order chi connectivity index (χ1) is 13.7. The fourth-order valence-corrected chi connectivity index (χ4v) is 4.20. The van der Waals surface area contributed by atoms with E-state index in [-0.39, 0.29) is 5.91 Å². The van der Waals surface area contributed by atoms with Crippen LogP contribution < -0.4 is 15.0 Å². The standard InChI is InChI=1S/C20H23N5O2S/c1-27-16-4-2-15(3-5-16)23-18(26)6-8-24-9-11-25(12-10-24)20-19-17(7-13-28-19)21-14-22-20/h2-5,7,13-14H,6,8-12H2,1H3,(H,23,26). The third kappa shape index (κ3) is 4.23. The Bertz CT molecular complexity index is 935. The monoisotopic (exact) mass is 397 g/mol. The van der Waals surface area contributed by atoms with Crippen molar-refractivity contribution in [3.8, 4) is 5.75 Å². The first kappa shape index (κ1) is 18.6. The Kier molecular flexibility index (Phi) is 5.68. The van der Waals surface area contributed by atoms with E-state index < -0.39 is 0 Å². The number of thiophene rings is 1. The molecule has 7 nitrogen and oxygen atoms in total. The number of fused-ring (bicyclic) bond motifs is 1. The molecule has 1 amide bonds. The number of ether oxygens (including phenoxy) is 1. The van der Waals surface area contributed by atoms with Gasteiger partial charge in [0.1, 0.15) is 17.9 Å². The van der Waals surface area contributed by atoms with Gasteiger partial charge in [-0.3, -0.25) is 9.69 Å². The molecule has 0 bridgehead atoms. The van der Waals surface area contributed by atoms with Crippen LogP contribution in [0.5, 0.6) is 5.75 Å². The number of anilines is 2. The molecule has 1 aliphatic rings. The maximum absolute atomic E-state index is 12.2. The number of amides is 1. The summed E-state index contributed by atoms with van der Waals surface area (Å²) in [5.74, 6) is 1.83. The van der Waals surface area contributed by atoms with Crippen molar-refractivity contribution in [2.45, 2.75) is 6.42 Å². The topological polar surface area (TPSA) is 70.6 Å². The summed E-state index contributed by atoms with van der Waals surface area (Å²) in [6.45, 7) is 4.42. The summed E-state index contributed by atoms with van der Waals surface area (Å²) in [4.78, 5) is 25.7. The Balaban J connectivity index is 1.25. The van der Waals surface area contributed by atoms with Crippen LogP contribution in [0.15, 0.2) is 42.0 Å². The van der Waals surface area contributed by atoms with Crippen molar-refractivity contribution >= 4 is 39.0 Å². The van der Waals surface area contributed by atoms with Gasteiger partial charge in [-0.2, -0.15) is 0 Å². The average molecular weight is 398 g/mol. The van der Waals surface area contributed by atoms with Gasteiger partial charge in [0.25, 0.3) is 0 Å². The maximum atomic E-state index is 12.2. The molecule has 3 heterocycles. The summed E-state index contributed by atoms with van der Waals surface area (Å²) >= 11 is 1.68. The second kappa shape index (κ2) is 8.53. The normalized spacial score (nSPS) is 15.0. The molecule has 1 fully saturated rings. The number of nitrogens with zero attached hydrogens (tertiary/aromatic N) is 4. The van der Waals surface area contributed by atoms with Crippen molar-refractivity contribution in [2.24, 2.45) is 0 Å². The molecule has 1 saturated heterocycles. The predicted octanol–water partition coefficient (Wildman–Crippen LogP) is 2.85. The second-order valence-corrected chi connectivity index (χ2v) is 7.60. The highest BCUT2D eigenvalue weighted by Gasteiger charge is 2.20. The molecule has 146 valence electrons. The number of methoxy groups -OCH3 is 1. The summed E-state index contributed by atoms with van der Waals surface area (Å²) in [6, 6.07) is 9.41. The van der Waals surface area contributed by atoms with E-state index in [1.54, 1.807) is 24.8 Å². The van der Waals surface area contributed by atoms with Gasteiger partial charge in [-0.1, -0.05) is 0 Å². The lowest BCUT2D eigenvalue weighted by molar-refractivity contribution is -0.116. The van der Waals surface area contributed by atoms with Crippen molar-refractivity contribution in [1.29, 1.82) is 0 Å². The Labute approximate surface area is 168 Å². The van der Waals surface area contributed by atoms with Crippen molar-refractivity contribution in [3.05, 3.63) is 42.0 Å². The van der Waals surface area contributed by atoms with Crippen LogP contribution in [0.1, 0.15) is 6.42 Å². The first-order valence-corrected chi connectivity index (χ1v) is 10.2. The highest BCUT2D eigenvalue weighted by Crippen LogP contribution is 2.28. The van der Waals surface area contributed by atoms with Gasteiger partial charge >= 0.3 is 0 Å². The first-order valence-electron chi connectivity index (χ1n) is 9.32. The smallest absolute Gasteiger partial charge is 0.225 e. The summed E-state index contributed by atoms with van der Waals surface area (Å²) in [6.07, 6.45) is 2.12.